The van der Waals surface area contributed by atoms with Gasteiger partial charge in [-0.3, -0.25) is 0 Å². The van der Waals surface area contributed by atoms with E-state index in [1.54, 1.807) is 0 Å². The predicted octanol–water partition coefficient (Wildman–Crippen LogP) is 3.90. The normalized spacial score (nSPS) is 11.2. The number of aromatic nitrogens is 1. The number of benzene rings is 1. The maximum Gasteiger partial charge on any atom is 0.416 e. The van der Waals surface area contributed by atoms with Crippen molar-refractivity contribution in [1.82, 2.24) is 4.98 Å². The lowest BCUT2D eigenvalue weighted by Gasteiger charge is -2.11. The number of carbonyl (C=O) groups is 1. The number of hydrogen-bond acceptors (Lipinski definition) is 3. The molecule has 2 aromatic rings. The van der Waals surface area contributed by atoms with Gasteiger partial charge in [0.15, 0.2) is 0 Å². The van der Waals surface area contributed by atoms with E-state index in [9.17, 15) is 18.0 Å². The molecule has 1 aromatic carbocycles. The summed E-state index contributed by atoms with van der Waals surface area (Å²) < 4.78 is 43.0. The topological polar surface area (TPSA) is 59.4 Å². The van der Waals surface area contributed by atoms with Gasteiger partial charge in [-0.15, -0.1) is 0 Å². The van der Waals surface area contributed by atoms with E-state index in [-0.39, 0.29) is 17.2 Å². The van der Waals surface area contributed by atoms with E-state index >= 15 is 0 Å². The third-order valence-corrected chi connectivity index (χ3v) is 2.79. The van der Waals surface area contributed by atoms with Crippen LogP contribution in [0.3, 0.4) is 0 Å². The second kappa shape index (κ2) is 5.43. The summed E-state index contributed by atoms with van der Waals surface area (Å²) in [5.41, 5.74) is -0.566. The minimum absolute atomic E-state index is 0.0134. The van der Waals surface area contributed by atoms with Crippen molar-refractivity contribution >= 4 is 5.97 Å². The number of halogens is 3. The van der Waals surface area contributed by atoms with Crippen LogP contribution in [0.1, 0.15) is 21.5 Å². The van der Waals surface area contributed by atoms with E-state index in [0.29, 0.717) is 5.56 Å². The Bertz CT molecular complexity index is 683. The molecule has 2 rings (SSSR count). The maximum absolute atomic E-state index is 12.6. The van der Waals surface area contributed by atoms with Gasteiger partial charge in [-0.2, -0.15) is 13.2 Å². The average molecular weight is 297 g/mol. The number of hydrogen-bond donors (Lipinski definition) is 1. The smallest absolute Gasteiger partial charge is 0.416 e. The van der Waals surface area contributed by atoms with Crippen LogP contribution in [0.15, 0.2) is 36.5 Å². The molecule has 0 saturated heterocycles. The molecule has 1 N–H and O–H groups in total. The summed E-state index contributed by atoms with van der Waals surface area (Å²) in [6, 6.07) is 5.87. The summed E-state index contributed by atoms with van der Waals surface area (Å²) in [7, 11) is 0. The van der Waals surface area contributed by atoms with Crippen molar-refractivity contribution < 1.29 is 27.8 Å². The van der Waals surface area contributed by atoms with E-state index < -0.39 is 17.7 Å². The van der Waals surface area contributed by atoms with Crippen LogP contribution in [0.25, 0.3) is 0 Å². The molecule has 0 amide bonds. The van der Waals surface area contributed by atoms with Crippen LogP contribution < -0.4 is 4.74 Å². The first-order valence-electron chi connectivity index (χ1n) is 5.83. The average Bonchev–Trinajstić information content (AvgIpc) is 2.40. The number of pyridine rings is 1. The molecule has 110 valence electrons. The van der Waals surface area contributed by atoms with E-state index in [1.165, 1.54) is 25.1 Å². The molecule has 0 aliphatic carbocycles. The van der Waals surface area contributed by atoms with Crippen LogP contribution in [-0.4, -0.2) is 16.1 Å². The molecule has 1 aromatic heterocycles. The first-order valence-corrected chi connectivity index (χ1v) is 5.83. The molecule has 0 bridgehead atoms. The first-order chi connectivity index (χ1) is 9.79. The number of carboxylic acid groups (broad SMARTS) is 1. The number of carboxylic acids is 1. The van der Waals surface area contributed by atoms with Crippen LogP contribution in [-0.2, 0) is 6.18 Å². The molecule has 1 heterocycles. The zero-order valence-corrected chi connectivity index (χ0v) is 10.8. The Morgan fingerprint density at radius 1 is 1.29 bits per heavy atom. The monoisotopic (exact) mass is 297 g/mol. The molecule has 0 saturated carbocycles. The van der Waals surface area contributed by atoms with Gasteiger partial charge in [0.05, 0.1) is 11.1 Å². The summed E-state index contributed by atoms with van der Waals surface area (Å²) in [5, 5.41) is 8.99. The number of ether oxygens (including phenoxy) is 1. The van der Waals surface area contributed by atoms with Crippen molar-refractivity contribution in [3.63, 3.8) is 0 Å². The van der Waals surface area contributed by atoms with Gasteiger partial charge < -0.3 is 9.84 Å². The van der Waals surface area contributed by atoms with E-state index in [1.807, 2.05) is 0 Å². The van der Waals surface area contributed by atoms with Gasteiger partial charge in [0.25, 0.3) is 0 Å². The Morgan fingerprint density at radius 2 is 2.00 bits per heavy atom. The van der Waals surface area contributed by atoms with Crippen molar-refractivity contribution in [3.05, 3.63) is 53.2 Å². The number of aromatic carboxylic acids is 1. The molecule has 0 spiro atoms. The van der Waals surface area contributed by atoms with Gasteiger partial charge in [0, 0.05) is 17.8 Å². The van der Waals surface area contributed by atoms with Crippen molar-refractivity contribution in [2.24, 2.45) is 0 Å². The highest BCUT2D eigenvalue weighted by Crippen LogP contribution is 2.32. The zero-order chi connectivity index (χ0) is 15.6. The van der Waals surface area contributed by atoms with Crippen LogP contribution in [0.4, 0.5) is 13.2 Å². The maximum atomic E-state index is 12.6. The molecular formula is C14H10F3NO3. The highest BCUT2D eigenvalue weighted by atomic mass is 19.4. The second-order valence-electron chi connectivity index (χ2n) is 4.22. The third kappa shape index (κ3) is 3.31. The molecular weight excluding hydrogens is 287 g/mol. The summed E-state index contributed by atoms with van der Waals surface area (Å²) in [5.74, 6) is -1.26. The minimum atomic E-state index is -4.50. The lowest BCUT2D eigenvalue weighted by atomic mass is 10.1. The number of alkyl halides is 3. The minimum Gasteiger partial charge on any atom is -0.478 e. The van der Waals surface area contributed by atoms with Crippen LogP contribution >= 0.6 is 0 Å². The summed E-state index contributed by atoms with van der Waals surface area (Å²) in [6.45, 7) is 1.51. The number of nitrogens with zero attached hydrogens (tertiary/aromatic N) is 1. The van der Waals surface area contributed by atoms with Crippen molar-refractivity contribution in [2.45, 2.75) is 13.1 Å². The molecule has 0 fully saturated rings. The Hall–Kier alpha value is -2.57. The van der Waals surface area contributed by atoms with Gasteiger partial charge in [-0.1, -0.05) is 6.07 Å². The Kier molecular flexibility index (Phi) is 3.84. The van der Waals surface area contributed by atoms with Crippen LogP contribution in [0.5, 0.6) is 11.6 Å². The van der Waals surface area contributed by atoms with Crippen molar-refractivity contribution in [3.8, 4) is 11.6 Å². The fourth-order valence-electron chi connectivity index (χ4n) is 1.71. The molecule has 4 nitrogen and oxygen atoms in total. The third-order valence-electron chi connectivity index (χ3n) is 2.79. The van der Waals surface area contributed by atoms with Gasteiger partial charge in [-0.05, 0) is 25.1 Å². The lowest BCUT2D eigenvalue weighted by molar-refractivity contribution is -0.137. The van der Waals surface area contributed by atoms with Gasteiger partial charge >= 0.3 is 12.1 Å². The lowest BCUT2D eigenvalue weighted by Crippen LogP contribution is -2.05. The summed E-state index contributed by atoms with van der Waals surface area (Å²) in [4.78, 5) is 14.7. The largest absolute Gasteiger partial charge is 0.478 e. The van der Waals surface area contributed by atoms with E-state index in [0.717, 1.165) is 18.3 Å². The molecule has 0 atom stereocenters. The van der Waals surface area contributed by atoms with E-state index in [4.69, 9.17) is 9.84 Å². The SMILES string of the molecule is Cc1c(Oc2cc(C(F)(F)F)ccn2)cccc1C(=O)O. The fraction of sp³-hybridized carbons (Fsp3) is 0.143. The van der Waals surface area contributed by atoms with Gasteiger partial charge in [-0.25, -0.2) is 9.78 Å². The molecule has 21 heavy (non-hydrogen) atoms. The van der Waals surface area contributed by atoms with Gasteiger partial charge in [0.2, 0.25) is 5.88 Å². The van der Waals surface area contributed by atoms with Crippen molar-refractivity contribution in [2.75, 3.05) is 0 Å². The van der Waals surface area contributed by atoms with Crippen LogP contribution in [0, 0.1) is 6.92 Å². The summed E-state index contributed by atoms with van der Waals surface area (Å²) in [6.07, 6.45) is -3.52. The number of rotatable bonds is 3. The Morgan fingerprint density at radius 3 is 2.62 bits per heavy atom. The molecule has 0 aliphatic heterocycles. The standard InChI is InChI=1S/C14H10F3NO3/c1-8-10(13(19)20)3-2-4-11(8)21-12-7-9(5-6-18-12)14(15,16)17/h2-7H,1H3,(H,19,20). The molecule has 0 aliphatic rings. The Labute approximate surface area is 117 Å². The van der Waals surface area contributed by atoms with Crippen LogP contribution in [0.2, 0.25) is 0 Å². The van der Waals surface area contributed by atoms with E-state index in [2.05, 4.69) is 4.98 Å². The van der Waals surface area contributed by atoms with Crippen molar-refractivity contribution in [1.29, 1.82) is 0 Å². The Balaban J connectivity index is 2.35. The second-order valence-corrected chi connectivity index (χ2v) is 4.22. The first kappa shape index (κ1) is 14.8. The predicted molar refractivity (Wildman–Crippen MR) is 67.5 cm³/mol. The zero-order valence-electron chi connectivity index (χ0n) is 10.8. The highest BCUT2D eigenvalue weighted by Gasteiger charge is 2.31. The molecule has 0 unspecified atom stereocenters. The highest BCUT2D eigenvalue weighted by molar-refractivity contribution is 5.90. The van der Waals surface area contributed by atoms with Gasteiger partial charge in [0.1, 0.15) is 5.75 Å². The molecule has 7 heteroatoms. The molecule has 0 radical (unpaired) electrons. The quantitative estimate of drug-likeness (QED) is 0.933. The fourth-order valence-corrected chi connectivity index (χ4v) is 1.71. The summed E-state index contributed by atoms with van der Waals surface area (Å²) >= 11 is 0.